The van der Waals surface area contributed by atoms with Crippen LogP contribution >= 0.6 is 12.4 Å². The van der Waals surface area contributed by atoms with E-state index in [-0.39, 0.29) is 36.4 Å². The van der Waals surface area contributed by atoms with Crippen molar-refractivity contribution in [2.45, 2.75) is 12.5 Å². The second kappa shape index (κ2) is 9.12. The zero-order chi connectivity index (χ0) is 15.9. The highest BCUT2D eigenvalue weighted by atomic mass is 35.5. The lowest BCUT2D eigenvalue weighted by molar-refractivity contribution is 0.0590. The number of methoxy groups -OCH3 is 1. The fourth-order valence-corrected chi connectivity index (χ4v) is 2.10. The van der Waals surface area contributed by atoms with Crippen LogP contribution in [0.3, 0.4) is 0 Å². The molecular formula is C17H19ClFNO3. The average molecular weight is 340 g/mol. The molecule has 0 bridgehead atoms. The third-order valence-electron chi connectivity index (χ3n) is 3.16. The summed E-state index contributed by atoms with van der Waals surface area (Å²) in [6.45, 7) is 0.169. The van der Waals surface area contributed by atoms with Crippen molar-refractivity contribution >= 4 is 18.4 Å². The average Bonchev–Trinajstić information content (AvgIpc) is 2.53. The number of nitrogens with two attached hydrogens (primary N) is 1. The second-order valence-corrected chi connectivity index (χ2v) is 4.87. The van der Waals surface area contributed by atoms with E-state index < -0.39 is 11.8 Å². The normalized spacial score (nSPS) is 11.3. The van der Waals surface area contributed by atoms with Crippen molar-refractivity contribution in [2.24, 2.45) is 5.73 Å². The van der Waals surface area contributed by atoms with E-state index in [1.807, 2.05) is 30.3 Å². The van der Waals surface area contributed by atoms with Crippen LogP contribution in [-0.2, 0) is 11.2 Å². The first-order chi connectivity index (χ1) is 10.6. The van der Waals surface area contributed by atoms with Gasteiger partial charge in [0.2, 0.25) is 0 Å². The van der Waals surface area contributed by atoms with Crippen LogP contribution in [0.1, 0.15) is 15.9 Å². The minimum absolute atomic E-state index is 0. The maximum Gasteiger partial charge on any atom is 0.344 e. The predicted octanol–water partition coefficient (Wildman–Crippen LogP) is 2.98. The number of ether oxygens (including phenoxy) is 2. The molecule has 0 saturated carbocycles. The van der Waals surface area contributed by atoms with E-state index >= 15 is 0 Å². The van der Waals surface area contributed by atoms with Crippen LogP contribution in [0.15, 0.2) is 48.5 Å². The summed E-state index contributed by atoms with van der Waals surface area (Å²) in [6, 6.07) is 13.7. The van der Waals surface area contributed by atoms with Gasteiger partial charge < -0.3 is 15.2 Å². The number of halogens is 2. The summed E-state index contributed by atoms with van der Waals surface area (Å²) >= 11 is 0. The Balaban J connectivity index is 0.00000264. The van der Waals surface area contributed by atoms with Crippen molar-refractivity contribution in [3.05, 3.63) is 65.5 Å². The maximum atomic E-state index is 13.7. The molecule has 23 heavy (non-hydrogen) atoms. The van der Waals surface area contributed by atoms with Gasteiger partial charge in [-0.05, 0) is 24.1 Å². The molecule has 0 aliphatic carbocycles. The molecule has 0 aliphatic heterocycles. The predicted molar refractivity (Wildman–Crippen MR) is 88.6 cm³/mol. The Morgan fingerprint density at radius 2 is 1.87 bits per heavy atom. The lowest BCUT2D eigenvalue weighted by Gasteiger charge is -2.15. The van der Waals surface area contributed by atoms with Gasteiger partial charge >= 0.3 is 5.97 Å². The zero-order valence-electron chi connectivity index (χ0n) is 12.7. The van der Waals surface area contributed by atoms with Crippen LogP contribution < -0.4 is 10.5 Å². The number of carbonyl (C=O) groups is 1. The Hall–Kier alpha value is -2.11. The smallest absolute Gasteiger partial charge is 0.344 e. The molecular weight excluding hydrogens is 321 g/mol. The minimum atomic E-state index is -0.773. The summed E-state index contributed by atoms with van der Waals surface area (Å²) in [7, 11) is 1.19. The molecule has 0 spiro atoms. The summed E-state index contributed by atoms with van der Waals surface area (Å²) in [5.74, 6) is -1.32. The van der Waals surface area contributed by atoms with Crippen molar-refractivity contribution in [2.75, 3.05) is 13.7 Å². The largest absolute Gasteiger partial charge is 0.491 e. The van der Waals surface area contributed by atoms with Crippen LogP contribution in [0.25, 0.3) is 0 Å². The third-order valence-corrected chi connectivity index (χ3v) is 3.16. The number of esters is 1. The van der Waals surface area contributed by atoms with E-state index in [2.05, 4.69) is 4.74 Å². The highest BCUT2D eigenvalue weighted by molar-refractivity contribution is 5.92. The number of hydrogen-bond donors (Lipinski definition) is 1. The maximum absolute atomic E-state index is 13.7. The van der Waals surface area contributed by atoms with Gasteiger partial charge in [0.1, 0.15) is 23.7 Å². The molecule has 0 amide bonds. The molecule has 2 aromatic carbocycles. The quantitative estimate of drug-likeness (QED) is 0.822. The number of rotatable bonds is 6. The molecule has 0 saturated heterocycles. The van der Waals surface area contributed by atoms with Gasteiger partial charge in [0.05, 0.1) is 7.11 Å². The first-order valence-corrected chi connectivity index (χ1v) is 6.91. The summed E-state index contributed by atoms with van der Waals surface area (Å²) < 4.78 is 23.8. The van der Waals surface area contributed by atoms with Gasteiger partial charge in [-0.2, -0.15) is 0 Å². The summed E-state index contributed by atoms with van der Waals surface area (Å²) in [5, 5.41) is 0. The highest BCUT2D eigenvalue weighted by Crippen LogP contribution is 2.22. The van der Waals surface area contributed by atoms with Gasteiger partial charge in [-0.25, -0.2) is 9.18 Å². The highest BCUT2D eigenvalue weighted by Gasteiger charge is 2.19. The second-order valence-electron chi connectivity index (χ2n) is 4.87. The number of benzene rings is 2. The topological polar surface area (TPSA) is 61.5 Å². The molecule has 0 aliphatic rings. The first-order valence-electron chi connectivity index (χ1n) is 6.91. The molecule has 0 aromatic heterocycles. The van der Waals surface area contributed by atoms with Crippen LogP contribution in [-0.4, -0.2) is 25.7 Å². The van der Waals surface area contributed by atoms with E-state index in [0.29, 0.717) is 6.42 Å². The van der Waals surface area contributed by atoms with Crippen LogP contribution in [0.5, 0.6) is 5.75 Å². The molecule has 4 nitrogen and oxygen atoms in total. The fourth-order valence-electron chi connectivity index (χ4n) is 2.10. The Morgan fingerprint density at radius 1 is 1.17 bits per heavy atom. The summed E-state index contributed by atoms with van der Waals surface area (Å²) in [4.78, 5) is 11.6. The zero-order valence-corrected chi connectivity index (χ0v) is 13.5. The van der Waals surface area contributed by atoms with Gasteiger partial charge in [0, 0.05) is 6.04 Å². The Kier molecular flexibility index (Phi) is 7.51. The van der Waals surface area contributed by atoms with Crippen LogP contribution in [0.4, 0.5) is 4.39 Å². The Labute approximate surface area is 140 Å². The molecule has 2 aromatic rings. The molecule has 0 heterocycles. The van der Waals surface area contributed by atoms with Gasteiger partial charge in [0.15, 0.2) is 0 Å². The van der Waals surface area contributed by atoms with Crippen molar-refractivity contribution in [1.82, 2.24) is 0 Å². The van der Waals surface area contributed by atoms with Crippen LogP contribution in [0, 0.1) is 5.82 Å². The van der Waals surface area contributed by atoms with Crippen molar-refractivity contribution < 1.29 is 18.7 Å². The molecule has 0 radical (unpaired) electrons. The molecule has 124 valence electrons. The molecule has 2 rings (SSSR count). The summed E-state index contributed by atoms with van der Waals surface area (Å²) in [6.07, 6.45) is 0.629. The van der Waals surface area contributed by atoms with E-state index in [0.717, 1.165) is 5.56 Å². The standard InChI is InChI=1S/C17H18FNO3.ClH/c1-21-17(20)16-14(18)8-5-9-15(16)22-11-13(19)10-12-6-3-2-4-7-12;/h2-9,13H,10-11,19H2,1H3;1H/t13-;/m1./s1. The molecule has 1 atom stereocenters. The number of hydrogen-bond acceptors (Lipinski definition) is 4. The Bertz CT molecular complexity index is 637. The van der Waals surface area contributed by atoms with E-state index in [1.165, 1.54) is 25.3 Å². The van der Waals surface area contributed by atoms with Crippen molar-refractivity contribution in [3.63, 3.8) is 0 Å². The lowest BCUT2D eigenvalue weighted by atomic mass is 10.1. The van der Waals surface area contributed by atoms with Gasteiger partial charge in [-0.3, -0.25) is 0 Å². The van der Waals surface area contributed by atoms with Crippen molar-refractivity contribution in [3.8, 4) is 5.75 Å². The summed E-state index contributed by atoms with van der Waals surface area (Å²) in [5.41, 5.74) is 6.89. The van der Waals surface area contributed by atoms with Crippen LogP contribution in [0.2, 0.25) is 0 Å². The number of carbonyl (C=O) groups excluding carboxylic acids is 1. The molecule has 2 N–H and O–H groups in total. The molecule has 6 heteroatoms. The van der Waals surface area contributed by atoms with Gasteiger partial charge in [-0.15, -0.1) is 12.4 Å². The third kappa shape index (κ3) is 5.23. The minimum Gasteiger partial charge on any atom is -0.491 e. The lowest BCUT2D eigenvalue weighted by Crippen LogP contribution is -2.30. The molecule has 0 unspecified atom stereocenters. The van der Waals surface area contributed by atoms with E-state index in [1.54, 1.807) is 0 Å². The van der Waals surface area contributed by atoms with Gasteiger partial charge in [0.25, 0.3) is 0 Å². The van der Waals surface area contributed by atoms with Gasteiger partial charge in [-0.1, -0.05) is 36.4 Å². The van der Waals surface area contributed by atoms with Crippen molar-refractivity contribution in [1.29, 1.82) is 0 Å². The fraction of sp³-hybridized carbons (Fsp3) is 0.235. The SMILES string of the molecule is COC(=O)c1c(F)cccc1OC[C@H](N)Cc1ccccc1.Cl. The Morgan fingerprint density at radius 3 is 2.52 bits per heavy atom. The molecule has 0 fully saturated rings. The van der Waals surface area contributed by atoms with E-state index in [9.17, 15) is 9.18 Å². The van der Waals surface area contributed by atoms with E-state index in [4.69, 9.17) is 10.5 Å². The first kappa shape index (κ1) is 18.9. The monoisotopic (exact) mass is 339 g/mol.